The van der Waals surface area contributed by atoms with Crippen molar-refractivity contribution in [1.82, 2.24) is 5.32 Å². The fourth-order valence-corrected chi connectivity index (χ4v) is 2.24. The van der Waals surface area contributed by atoms with E-state index < -0.39 is 0 Å². The van der Waals surface area contributed by atoms with Crippen LogP contribution in [0.5, 0.6) is 0 Å². The van der Waals surface area contributed by atoms with E-state index in [0.29, 0.717) is 6.04 Å². The highest BCUT2D eigenvalue weighted by Crippen LogP contribution is 2.20. The van der Waals surface area contributed by atoms with Crippen molar-refractivity contribution in [2.24, 2.45) is 0 Å². The van der Waals surface area contributed by atoms with Crippen LogP contribution in [0, 0.1) is 0 Å². The van der Waals surface area contributed by atoms with Crippen molar-refractivity contribution < 1.29 is 0 Å². The van der Waals surface area contributed by atoms with Gasteiger partial charge in [0.05, 0.1) is 0 Å². The number of nitrogens with one attached hydrogen (secondary N) is 1. The molecule has 1 aromatic carbocycles. The first-order valence-corrected chi connectivity index (χ1v) is 7.27. The smallest absolute Gasteiger partial charge is 0.0363 e. The van der Waals surface area contributed by atoms with Crippen molar-refractivity contribution in [1.29, 1.82) is 0 Å². The van der Waals surface area contributed by atoms with Gasteiger partial charge in [-0.1, -0.05) is 32.9 Å². The molecule has 18 heavy (non-hydrogen) atoms. The van der Waals surface area contributed by atoms with Crippen molar-refractivity contribution >= 4 is 5.69 Å². The second-order valence-electron chi connectivity index (χ2n) is 4.93. The number of nitrogens with zero attached hydrogens (tertiary/aromatic N) is 1. The quantitative estimate of drug-likeness (QED) is 0.748. The minimum atomic E-state index is 0.496. The first kappa shape index (κ1) is 15.0. The zero-order valence-electron chi connectivity index (χ0n) is 12.4. The normalized spacial score (nSPS) is 12.4. The van der Waals surface area contributed by atoms with Crippen LogP contribution in [0.4, 0.5) is 5.69 Å². The molecule has 0 bridgehead atoms. The Labute approximate surface area is 112 Å². The second-order valence-corrected chi connectivity index (χ2v) is 4.93. The first-order valence-electron chi connectivity index (χ1n) is 7.27. The van der Waals surface area contributed by atoms with Crippen LogP contribution in [0.2, 0.25) is 0 Å². The molecule has 0 heterocycles. The van der Waals surface area contributed by atoms with Crippen LogP contribution in [0.1, 0.15) is 51.6 Å². The van der Waals surface area contributed by atoms with Gasteiger partial charge in [-0.15, -0.1) is 0 Å². The van der Waals surface area contributed by atoms with Gasteiger partial charge in [-0.05, 0) is 43.5 Å². The molecule has 0 aliphatic rings. The average Bonchev–Trinajstić information content (AvgIpc) is 2.40. The van der Waals surface area contributed by atoms with Gasteiger partial charge in [-0.25, -0.2) is 0 Å². The second kappa shape index (κ2) is 8.15. The molecule has 0 fully saturated rings. The van der Waals surface area contributed by atoms with Crippen LogP contribution < -0.4 is 10.2 Å². The van der Waals surface area contributed by atoms with E-state index in [2.05, 4.69) is 62.3 Å². The Morgan fingerprint density at radius 1 is 1.06 bits per heavy atom. The summed E-state index contributed by atoms with van der Waals surface area (Å²) in [6, 6.07) is 9.50. The van der Waals surface area contributed by atoms with E-state index in [-0.39, 0.29) is 0 Å². The van der Waals surface area contributed by atoms with Crippen molar-refractivity contribution in [3.63, 3.8) is 0 Å². The summed E-state index contributed by atoms with van der Waals surface area (Å²) >= 11 is 0. The molecule has 0 aliphatic heterocycles. The van der Waals surface area contributed by atoms with Crippen LogP contribution in [-0.4, -0.2) is 20.1 Å². The molecule has 0 amide bonds. The van der Waals surface area contributed by atoms with Gasteiger partial charge in [0.1, 0.15) is 0 Å². The predicted octanol–water partition coefficient (Wildman–Crippen LogP) is 3.98. The number of benzene rings is 1. The molecule has 0 saturated heterocycles. The van der Waals surface area contributed by atoms with Gasteiger partial charge in [-0.3, -0.25) is 0 Å². The standard InChI is InChI=1S/C16H28N2/c1-5-12-17-16(7-3)14-8-10-15(11-9-14)18(4)13-6-2/h8-11,16-17H,5-7,12-13H2,1-4H3. The van der Waals surface area contributed by atoms with Crippen LogP contribution in [0.3, 0.4) is 0 Å². The summed E-state index contributed by atoms with van der Waals surface area (Å²) in [4.78, 5) is 2.31. The molecule has 1 rings (SSSR count). The molecule has 2 nitrogen and oxygen atoms in total. The lowest BCUT2D eigenvalue weighted by Crippen LogP contribution is -2.22. The van der Waals surface area contributed by atoms with E-state index in [1.165, 1.54) is 24.1 Å². The molecule has 0 saturated carbocycles. The van der Waals surface area contributed by atoms with Gasteiger partial charge in [0, 0.05) is 25.3 Å². The highest BCUT2D eigenvalue weighted by molar-refractivity contribution is 5.47. The molecule has 0 spiro atoms. The molecule has 1 atom stereocenters. The van der Waals surface area contributed by atoms with Gasteiger partial charge in [0.2, 0.25) is 0 Å². The number of anilines is 1. The lowest BCUT2D eigenvalue weighted by molar-refractivity contribution is 0.518. The van der Waals surface area contributed by atoms with Gasteiger partial charge < -0.3 is 10.2 Å². The molecular weight excluding hydrogens is 220 g/mol. The third-order valence-corrected chi connectivity index (χ3v) is 3.34. The maximum absolute atomic E-state index is 3.60. The number of hydrogen-bond acceptors (Lipinski definition) is 2. The van der Waals surface area contributed by atoms with E-state index >= 15 is 0 Å². The molecule has 0 radical (unpaired) electrons. The third kappa shape index (κ3) is 4.34. The number of hydrogen-bond donors (Lipinski definition) is 1. The predicted molar refractivity (Wildman–Crippen MR) is 81.3 cm³/mol. The maximum Gasteiger partial charge on any atom is 0.0363 e. The van der Waals surface area contributed by atoms with E-state index in [9.17, 15) is 0 Å². The first-order chi connectivity index (χ1) is 8.72. The van der Waals surface area contributed by atoms with Crippen LogP contribution in [0.25, 0.3) is 0 Å². The Balaban J connectivity index is 2.68. The molecule has 0 aliphatic carbocycles. The highest BCUT2D eigenvalue weighted by Gasteiger charge is 2.08. The van der Waals surface area contributed by atoms with E-state index in [4.69, 9.17) is 0 Å². The average molecular weight is 248 g/mol. The Morgan fingerprint density at radius 2 is 1.72 bits per heavy atom. The summed E-state index contributed by atoms with van der Waals surface area (Å²) in [6.45, 7) is 8.88. The molecule has 0 aromatic heterocycles. The Hall–Kier alpha value is -1.02. The van der Waals surface area contributed by atoms with Crippen molar-refractivity contribution in [3.8, 4) is 0 Å². The van der Waals surface area contributed by atoms with Crippen LogP contribution in [-0.2, 0) is 0 Å². The summed E-state index contributed by atoms with van der Waals surface area (Å²) in [6.07, 6.45) is 3.52. The molecule has 2 heteroatoms. The van der Waals surface area contributed by atoms with Crippen molar-refractivity contribution in [2.45, 2.75) is 46.1 Å². The van der Waals surface area contributed by atoms with Crippen LogP contribution in [0.15, 0.2) is 24.3 Å². The molecule has 1 unspecified atom stereocenters. The van der Waals surface area contributed by atoms with E-state index in [0.717, 1.165) is 19.5 Å². The SMILES string of the molecule is CCCNC(CC)c1ccc(N(C)CCC)cc1. The Bertz CT molecular complexity index is 318. The lowest BCUT2D eigenvalue weighted by Gasteiger charge is -2.21. The third-order valence-electron chi connectivity index (χ3n) is 3.34. The Kier molecular flexibility index (Phi) is 6.81. The fourth-order valence-electron chi connectivity index (χ4n) is 2.24. The van der Waals surface area contributed by atoms with Gasteiger partial charge in [-0.2, -0.15) is 0 Å². The van der Waals surface area contributed by atoms with Gasteiger partial charge >= 0.3 is 0 Å². The molecule has 1 N–H and O–H groups in total. The summed E-state index contributed by atoms with van der Waals surface area (Å²) in [5.74, 6) is 0. The summed E-state index contributed by atoms with van der Waals surface area (Å²) < 4.78 is 0. The van der Waals surface area contributed by atoms with Crippen LogP contribution >= 0.6 is 0 Å². The van der Waals surface area contributed by atoms with Crippen molar-refractivity contribution in [3.05, 3.63) is 29.8 Å². The van der Waals surface area contributed by atoms with Crippen molar-refractivity contribution in [2.75, 3.05) is 25.0 Å². The molecular formula is C16H28N2. The monoisotopic (exact) mass is 248 g/mol. The highest BCUT2D eigenvalue weighted by atomic mass is 15.1. The number of rotatable bonds is 8. The topological polar surface area (TPSA) is 15.3 Å². The zero-order valence-corrected chi connectivity index (χ0v) is 12.4. The molecule has 1 aromatic rings. The van der Waals surface area contributed by atoms with E-state index in [1.54, 1.807) is 0 Å². The maximum atomic E-state index is 3.60. The zero-order chi connectivity index (χ0) is 13.4. The Morgan fingerprint density at radius 3 is 2.22 bits per heavy atom. The minimum Gasteiger partial charge on any atom is -0.375 e. The minimum absolute atomic E-state index is 0.496. The lowest BCUT2D eigenvalue weighted by atomic mass is 10.0. The fraction of sp³-hybridized carbons (Fsp3) is 0.625. The largest absolute Gasteiger partial charge is 0.375 e. The summed E-state index contributed by atoms with van der Waals surface area (Å²) in [5, 5.41) is 3.60. The molecule has 102 valence electrons. The van der Waals surface area contributed by atoms with Gasteiger partial charge in [0.15, 0.2) is 0 Å². The van der Waals surface area contributed by atoms with Gasteiger partial charge in [0.25, 0.3) is 0 Å². The summed E-state index contributed by atoms with van der Waals surface area (Å²) in [5.41, 5.74) is 2.71. The summed E-state index contributed by atoms with van der Waals surface area (Å²) in [7, 11) is 2.16. The van der Waals surface area contributed by atoms with E-state index in [1.807, 2.05) is 0 Å².